The molecule has 146 valence electrons. The molecule has 0 bridgehead atoms. The molecule has 0 saturated carbocycles. The van der Waals surface area contributed by atoms with Crippen molar-refractivity contribution in [2.45, 2.75) is 30.4 Å². The molecule has 2 unspecified atom stereocenters. The zero-order valence-corrected chi connectivity index (χ0v) is 16.3. The van der Waals surface area contributed by atoms with Gasteiger partial charge in [0.05, 0.1) is 17.0 Å². The molecule has 2 atom stereocenters. The summed E-state index contributed by atoms with van der Waals surface area (Å²) >= 11 is 0. The summed E-state index contributed by atoms with van der Waals surface area (Å²) < 4.78 is 27.9. The van der Waals surface area contributed by atoms with E-state index in [4.69, 9.17) is 0 Å². The highest BCUT2D eigenvalue weighted by molar-refractivity contribution is 7.92. The van der Waals surface area contributed by atoms with Crippen molar-refractivity contribution in [2.24, 2.45) is 0 Å². The Hall–Kier alpha value is -2.13. The third-order valence-electron chi connectivity index (χ3n) is 4.20. The van der Waals surface area contributed by atoms with Gasteiger partial charge in [0.25, 0.3) is 10.0 Å². The first-order valence-electron chi connectivity index (χ1n) is 8.26. The molecule has 2 aromatic rings. The Bertz CT molecular complexity index is 906. The van der Waals surface area contributed by atoms with Gasteiger partial charge >= 0.3 is 0 Å². The van der Waals surface area contributed by atoms with Crippen LogP contribution in [0.4, 0.5) is 11.4 Å². The van der Waals surface area contributed by atoms with Crippen LogP contribution in [0.5, 0.6) is 0 Å². The second-order valence-corrected chi connectivity index (χ2v) is 7.94. The number of aryl methyl sites for hydroxylation is 1. The minimum absolute atomic E-state index is 0. The lowest BCUT2D eigenvalue weighted by Gasteiger charge is -2.14. The average molecular weight is 412 g/mol. The summed E-state index contributed by atoms with van der Waals surface area (Å²) in [5.74, 6) is -0.301. The number of hydrogen-bond acceptors (Lipinski definition) is 5. The Morgan fingerprint density at radius 1 is 1.15 bits per heavy atom. The van der Waals surface area contributed by atoms with Gasteiger partial charge < -0.3 is 15.7 Å². The number of para-hydroxylation sites is 1. The van der Waals surface area contributed by atoms with Crippen LogP contribution in [0.1, 0.15) is 12.0 Å². The molecule has 4 N–H and O–H groups in total. The predicted molar refractivity (Wildman–Crippen MR) is 107 cm³/mol. The van der Waals surface area contributed by atoms with Gasteiger partial charge in [-0.1, -0.05) is 24.3 Å². The summed E-state index contributed by atoms with van der Waals surface area (Å²) in [4.78, 5) is 12.3. The van der Waals surface area contributed by atoms with E-state index in [1.165, 1.54) is 6.07 Å². The van der Waals surface area contributed by atoms with Gasteiger partial charge in [0.1, 0.15) is 0 Å². The van der Waals surface area contributed by atoms with Crippen LogP contribution in [0, 0.1) is 6.92 Å². The second kappa shape index (κ2) is 8.71. The molecule has 0 aliphatic carbocycles. The van der Waals surface area contributed by atoms with Gasteiger partial charge in [0.2, 0.25) is 5.91 Å². The van der Waals surface area contributed by atoms with E-state index >= 15 is 0 Å². The lowest BCUT2D eigenvalue weighted by atomic mass is 10.2. The van der Waals surface area contributed by atoms with Gasteiger partial charge in [0.15, 0.2) is 0 Å². The Morgan fingerprint density at radius 3 is 2.48 bits per heavy atom. The number of β-amino-alcohol motifs (C(OH)–C–C–N with tert-alkyl or cyclic N) is 1. The van der Waals surface area contributed by atoms with Crippen molar-refractivity contribution in [1.82, 2.24) is 5.32 Å². The summed E-state index contributed by atoms with van der Waals surface area (Å²) in [6.45, 7) is 2.06. The minimum Gasteiger partial charge on any atom is -0.392 e. The first-order valence-corrected chi connectivity index (χ1v) is 9.74. The summed E-state index contributed by atoms with van der Waals surface area (Å²) in [6.07, 6.45) is -0.215. The average Bonchev–Trinajstić information content (AvgIpc) is 3.03. The van der Waals surface area contributed by atoms with Crippen molar-refractivity contribution in [2.75, 3.05) is 16.6 Å². The van der Waals surface area contributed by atoms with Crippen molar-refractivity contribution < 1.29 is 18.3 Å². The maximum Gasteiger partial charge on any atom is 0.262 e. The zero-order valence-electron chi connectivity index (χ0n) is 14.7. The summed E-state index contributed by atoms with van der Waals surface area (Å²) in [5.41, 5.74) is 1.42. The number of hydrogen-bond donors (Lipinski definition) is 4. The third kappa shape index (κ3) is 5.20. The molecule has 0 spiro atoms. The van der Waals surface area contributed by atoms with Crippen LogP contribution in [0.15, 0.2) is 53.4 Å². The number of aliphatic hydroxyl groups is 1. The van der Waals surface area contributed by atoms with E-state index in [-0.39, 0.29) is 23.2 Å². The van der Waals surface area contributed by atoms with Crippen molar-refractivity contribution in [3.8, 4) is 0 Å². The standard InChI is InChI=1S/C18H21N3O4S.ClH/c1-12-7-8-14(20-18(23)16-10-15(22)11-19-16)9-17(12)26(24,25)21-13-5-3-2-4-6-13;/h2-9,15-16,19,21-22H,10-11H2,1H3,(H,20,23);1H. The van der Waals surface area contributed by atoms with Crippen LogP contribution in [0.25, 0.3) is 0 Å². The molecular weight excluding hydrogens is 390 g/mol. The fourth-order valence-corrected chi connectivity index (χ4v) is 4.16. The van der Waals surface area contributed by atoms with Crippen LogP contribution in [0.3, 0.4) is 0 Å². The molecule has 2 aromatic carbocycles. The molecule has 1 aliphatic heterocycles. The van der Waals surface area contributed by atoms with Crippen LogP contribution >= 0.6 is 12.4 Å². The van der Waals surface area contributed by atoms with E-state index in [2.05, 4.69) is 15.4 Å². The third-order valence-corrected chi connectivity index (χ3v) is 5.72. The van der Waals surface area contributed by atoms with E-state index in [9.17, 15) is 18.3 Å². The van der Waals surface area contributed by atoms with E-state index < -0.39 is 22.2 Å². The number of anilines is 2. The van der Waals surface area contributed by atoms with E-state index in [0.717, 1.165) is 0 Å². The number of aliphatic hydroxyl groups excluding tert-OH is 1. The Balaban J connectivity index is 0.00000261. The van der Waals surface area contributed by atoms with Gasteiger partial charge in [0, 0.05) is 17.9 Å². The topological polar surface area (TPSA) is 108 Å². The summed E-state index contributed by atoms with van der Waals surface area (Å²) in [7, 11) is -3.79. The molecule has 9 heteroatoms. The molecule has 7 nitrogen and oxygen atoms in total. The quantitative estimate of drug-likeness (QED) is 0.601. The van der Waals surface area contributed by atoms with Gasteiger partial charge in [-0.25, -0.2) is 8.42 Å². The largest absolute Gasteiger partial charge is 0.392 e. The van der Waals surface area contributed by atoms with Crippen molar-refractivity contribution in [3.05, 3.63) is 54.1 Å². The Labute approximate surface area is 164 Å². The first-order chi connectivity index (χ1) is 12.3. The smallest absolute Gasteiger partial charge is 0.262 e. The van der Waals surface area contributed by atoms with Crippen molar-refractivity contribution in [3.63, 3.8) is 0 Å². The number of rotatable bonds is 5. The van der Waals surface area contributed by atoms with Gasteiger partial charge in [-0.05, 0) is 43.2 Å². The molecule has 1 saturated heterocycles. The maximum absolute atomic E-state index is 12.7. The van der Waals surface area contributed by atoms with Gasteiger partial charge in [-0.15, -0.1) is 12.4 Å². The van der Waals surface area contributed by atoms with Gasteiger partial charge in [-0.3, -0.25) is 9.52 Å². The Morgan fingerprint density at radius 2 is 1.85 bits per heavy atom. The summed E-state index contributed by atoms with van der Waals surface area (Å²) in [5, 5.41) is 15.1. The highest BCUT2D eigenvalue weighted by Crippen LogP contribution is 2.23. The molecular formula is C18H22ClN3O4S. The first kappa shape index (κ1) is 21.2. The van der Waals surface area contributed by atoms with Crippen molar-refractivity contribution >= 4 is 39.7 Å². The fourth-order valence-electron chi connectivity index (χ4n) is 2.83. The molecule has 1 amide bonds. The normalized spacial score (nSPS) is 19.2. The number of amides is 1. The van der Waals surface area contributed by atoms with Crippen LogP contribution < -0.4 is 15.4 Å². The van der Waals surface area contributed by atoms with Crippen LogP contribution in [-0.2, 0) is 14.8 Å². The van der Waals surface area contributed by atoms with E-state index in [0.29, 0.717) is 29.9 Å². The van der Waals surface area contributed by atoms with Crippen LogP contribution in [0.2, 0.25) is 0 Å². The highest BCUT2D eigenvalue weighted by atomic mass is 35.5. The molecule has 1 heterocycles. The zero-order chi connectivity index (χ0) is 18.7. The number of carbonyl (C=O) groups excluding carboxylic acids is 1. The second-order valence-electron chi connectivity index (χ2n) is 6.29. The lowest BCUT2D eigenvalue weighted by molar-refractivity contribution is -0.117. The van der Waals surface area contributed by atoms with Crippen molar-refractivity contribution in [1.29, 1.82) is 0 Å². The number of carbonyl (C=O) groups is 1. The Kier molecular flexibility index (Phi) is 6.83. The molecule has 1 aliphatic rings. The molecule has 0 aromatic heterocycles. The molecule has 0 radical (unpaired) electrons. The fraction of sp³-hybridized carbons (Fsp3) is 0.278. The highest BCUT2D eigenvalue weighted by Gasteiger charge is 2.28. The molecule has 1 fully saturated rings. The van der Waals surface area contributed by atoms with E-state index in [1.807, 2.05) is 0 Å². The SMILES string of the molecule is Cc1ccc(NC(=O)C2CC(O)CN2)cc1S(=O)(=O)Nc1ccccc1.Cl. The van der Waals surface area contributed by atoms with Gasteiger partial charge in [-0.2, -0.15) is 0 Å². The number of halogens is 1. The summed E-state index contributed by atoms with van der Waals surface area (Å²) in [6, 6.07) is 12.8. The molecule has 27 heavy (non-hydrogen) atoms. The molecule has 3 rings (SSSR count). The number of nitrogens with one attached hydrogen (secondary N) is 3. The number of benzene rings is 2. The number of sulfonamides is 1. The maximum atomic E-state index is 12.7. The minimum atomic E-state index is -3.79. The monoisotopic (exact) mass is 411 g/mol. The van der Waals surface area contributed by atoms with E-state index in [1.54, 1.807) is 49.4 Å². The predicted octanol–water partition coefficient (Wildman–Crippen LogP) is 1.88. The van der Waals surface area contributed by atoms with Crippen LogP contribution in [-0.4, -0.2) is 38.1 Å². The lowest BCUT2D eigenvalue weighted by Crippen LogP contribution is -2.35.